The average Bonchev–Trinajstić information content (AvgIpc) is 2.46. The smallest absolute Gasteiger partial charge is 0.165 e. The van der Waals surface area contributed by atoms with Crippen molar-refractivity contribution in [2.45, 2.75) is 13.2 Å². The van der Waals surface area contributed by atoms with Gasteiger partial charge >= 0.3 is 0 Å². The van der Waals surface area contributed by atoms with Gasteiger partial charge in [0.05, 0.1) is 13.7 Å². The highest BCUT2D eigenvalue weighted by atomic mass is 19.1. The molecule has 0 saturated heterocycles. The standard InChI is InChI=1S/C15H15FO3/c1-18-13-4-2-3-12(7-13)10-19-15-6-5-11(9-17)8-14(15)16/h2-8,17H,9-10H2,1H3. The summed E-state index contributed by atoms with van der Waals surface area (Å²) < 4.78 is 24.1. The molecule has 2 aromatic rings. The van der Waals surface area contributed by atoms with E-state index in [-0.39, 0.29) is 19.0 Å². The van der Waals surface area contributed by atoms with Crippen LogP contribution in [0.5, 0.6) is 11.5 Å². The quantitative estimate of drug-likeness (QED) is 0.900. The van der Waals surface area contributed by atoms with Gasteiger partial charge in [-0.2, -0.15) is 0 Å². The Morgan fingerprint density at radius 3 is 2.63 bits per heavy atom. The molecule has 0 spiro atoms. The first-order valence-corrected chi connectivity index (χ1v) is 5.88. The topological polar surface area (TPSA) is 38.7 Å². The van der Waals surface area contributed by atoms with Crippen molar-refractivity contribution in [1.82, 2.24) is 0 Å². The lowest BCUT2D eigenvalue weighted by atomic mass is 10.2. The molecule has 0 aromatic heterocycles. The van der Waals surface area contributed by atoms with E-state index < -0.39 is 5.82 Å². The molecule has 3 nitrogen and oxygen atoms in total. The molecule has 2 aromatic carbocycles. The molecule has 0 radical (unpaired) electrons. The van der Waals surface area contributed by atoms with Crippen LogP contribution in [0.3, 0.4) is 0 Å². The number of hydrogen-bond acceptors (Lipinski definition) is 3. The van der Waals surface area contributed by atoms with Gasteiger partial charge in [-0.15, -0.1) is 0 Å². The van der Waals surface area contributed by atoms with Crippen molar-refractivity contribution in [2.24, 2.45) is 0 Å². The Hall–Kier alpha value is -2.07. The van der Waals surface area contributed by atoms with Crippen molar-refractivity contribution in [3.05, 3.63) is 59.4 Å². The molecule has 100 valence electrons. The average molecular weight is 262 g/mol. The molecule has 0 unspecified atom stereocenters. The molecule has 0 aliphatic heterocycles. The molecule has 0 saturated carbocycles. The summed E-state index contributed by atoms with van der Waals surface area (Å²) in [4.78, 5) is 0. The van der Waals surface area contributed by atoms with Gasteiger partial charge in [0.25, 0.3) is 0 Å². The van der Waals surface area contributed by atoms with Crippen LogP contribution in [-0.4, -0.2) is 12.2 Å². The Balaban J connectivity index is 2.05. The Labute approximate surface area is 111 Å². The van der Waals surface area contributed by atoms with Crippen molar-refractivity contribution < 1.29 is 19.0 Å². The Bertz CT molecular complexity index is 555. The zero-order valence-corrected chi connectivity index (χ0v) is 10.6. The Kier molecular flexibility index (Phi) is 4.36. The number of ether oxygens (including phenoxy) is 2. The van der Waals surface area contributed by atoms with Crippen LogP contribution in [0.4, 0.5) is 4.39 Å². The number of benzene rings is 2. The summed E-state index contributed by atoms with van der Waals surface area (Å²) in [5, 5.41) is 8.90. The number of rotatable bonds is 5. The zero-order chi connectivity index (χ0) is 13.7. The molecule has 2 rings (SSSR count). The summed E-state index contributed by atoms with van der Waals surface area (Å²) >= 11 is 0. The third-order valence-electron chi connectivity index (χ3n) is 2.71. The van der Waals surface area contributed by atoms with E-state index in [2.05, 4.69) is 0 Å². The van der Waals surface area contributed by atoms with Gasteiger partial charge in [0.2, 0.25) is 0 Å². The van der Waals surface area contributed by atoms with Crippen molar-refractivity contribution >= 4 is 0 Å². The molecule has 0 fully saturated rings. The second-order valence-electron chi connectivity index (χ2n) is 4.06. The lowest BCUT2D eigenvalue weighted by molar-refractivity contribution is 0.276. The first-order valence-electron chi connectivity index (χ1n) is 5.88. The van der Waals surface area contributed by atoms with Crippen LogP contribution in [0.15, 0.2) is 42.5 Å². The Morgan fingerprint density at radius 1 is 1.11 bits per heavy atom. The number of hydrogen-bond donors (Lipinski definition) is 1. The third-order valence-corrected chi connectivity index (χ3v) is 2.71. The van der Waals surface area contributed by atoms with Gasteiger partial charge in [0.15, 0.2) is 11.6 Å². The summed E-state index contributed by atoms with van der Waals surface area (Å²) in [5.74, 6) is 0.423. The summed E-state index contributed by atoms with van der Waals surface area (Å²) in [6.07, 6.45) is 0. The van der Waals surface area contributed by atoms with E-state index in [0.29, 0.717) is 5.56 Å². The number of methoxy groups -OCH3 is 1. The van der Waals surface area contributed by atoms with Crippen LogP contribution in [0.25, 0.3) is 0 Å². The van der Waals surface area contributed by atoms with E-state index in [0.717, 1.165) is 11.3 Å². The van der Waals surface area contributed by atoms with Crippen LogP contribution in [0.2, 0.25) is 0 Å². The summed E-state index contributed by atoms with van der Waals surface area (Å²) in [6.45, 7) is 0.0691. The molecule has 19 heavy (non-hydrogen) atoms. The maximum atomic E-state index is 13.6. The minimum Gasteiger partial charge on any atom is -0.497 e. The summed E-state index contributed by atoms with van der Waals surface area (Å²) in [5.41, 5.74) is 1.41. The fraction of sp³-hybridized carbons (Fsp3) is 0.200. The molecule has 0 aliphatic rings. The summed E-state index contributed by atoms with van der Waals surface area (Å²) in [7, 11) is 1.59. The molecule has 1 N–H and O–H groups in total. The largest absolute Gasteiger partial charge is 0.497 e. The van der Waals surface area contributed by atoms with E-state index in [1.165, 1.54) is 12.1 Å². The predicted octanol–water partition coefficient (Wildman–Crippen LogP) is 2.91. The van der Waals surface area contributed by atoms with Crippen LogP contribution < -0.4 is 9.47 Å². The molecule has 0 bridgehead atoms. The highest BCUT2D eigenvalue weighted by molar-refractivity contribution is 5.31. The SMILES string of the molecule is COc1cccc(COc2ccc(CO)cc2F)c1. The zero-order valence-electron chi connectivity index (χ0n) is 10.6. The lowest BCUT2D eigenvalue weighted by Crippen LogP contribution is -1.98. The first kappa shape index (κ1) is 13.4. The number of aliphatic hydroxyl groups excluding tert-OH is 1. The highest BCUT2D eigenvalue weighted by Crippen LogP contribution is 2.20. The predicted molar refractivity (Wildman–Crippen MR) is 69.6 cm³/mol. The highest BCUT2D eigenvalue weighted by Gasteiger charge is 2.05. The van der Waals surface area contributed by atoms with E-state index in [1.807, 2.05) is 24.3 Å². The van der Waals surface area contributed by atoms with Crippen molar-refractivity contribution in [3.63, 3.8) is 0 Å². The van der Waals surface area contributed by atoms with Gasteiger partial charge in [-0.25, -0.2) is 4.39 Å². The van der Waals surface area contributed by atoms with Gasteiger partial charge in [-0.05, 0) is 35.4 Å². The fourth-order valence-electron chi connectivity index (χ4n) is 1.68. The van der Waals surface area contributed by atoms with E-state index in [4.69, 9.17) is 14.6 Å². The fourth-order valence-corrected chi connectivity index (χ4v) is 1.68. The van der Waals surface area contributed by atoms with Crippen LogP contribution in [0.1, 0.15) is 11.1 Å². The van der Waals surface area contributed by atoms with Crippen LogP contribution in [0, 0.1) is 5.82 Å². The van der Waals surface area contributed by atoms with Gasteiger partial charge in [0, 0.05) is 0 Å². The minimum atomic E-state index is -0.477. The molecular weight excluding hydrogens is 247 g/mol. The second-order valence-corrected chi connectivity index (χ2v) is 4.06. The normalized spacial score (nSPS) is 10.3. The van der Waals surface area contributed by atoms with Crippen molar-refractivity contribution in [1.29, 1.82) is 0 Å². The number of halogens is 1. The van der Waals surface area contributed by atoms with Gasteiger partial charge in [0.1, 0.15) is 12.4 Å². The lowest BCUT2D eigenvalue weighted by Gasteiger charge is -2.09. The van der Waals surface area contributed by atoms with Crippen molar-refractivity contribution in [3.8, 4) is 11.5 Å². The van der Waals surface area contributed by atoms with Crippen LogP contribution in [-0.2, 0) is 13.2 Å². The Morgan fingerprint density at radius 2 is 1.95 bits per heavy atom. The first-order chi connectivity index (χ1) is 9.22. The molecule has 0 aliphatic carbocycles. The van der Waals surface area contributed by atoms with E-state index in [1.54, 1.807) is 13.2 Å². The molecule has 0 atom stereocenters. The summed E-state index contributed by atoms with van der Waals surface area (Å²) in [6, 6.07) is 11.8. The maximum absolute atomic E-state index is 13.6. The molecule has 0 amide bonds. The van der Waals surface area contributed by atoms with E-state index in [9.17, 15) is 4.39 Å². The third kappa shape index (κ3) is 3.45. The van der Waals surface area contributed by atoms with Gasteiger partial charge in [-0.1, -0.05) is 18.2 Å². The maximum Gasteiger partial charge on any atom is 0.165 e. The minimum absolute atomic E-state index is 0.167. The van der Waals surface area contributed by atoms with Crippen LogP contribution >= 0.6 is 0 Å². The van der Waals surface area contributed by atoms with Gasteiger partial charge < -0.3 is 14.6 Å². The van der Waals surface area contributed by atoms with Crippen molar-refractivity contribution in [2.75, 3.05) is 7.11 Å². The number of aliphatic hydroxyl groups is 1. The molecular formula is C15H15FO3. The van der Waals surface area contributed by atoms with E-state index >= 15 is 0 Å². The molecule has 0 heterocycles. The second kappa shape index (κ2) is 6.20. The molecule has 4 heteroatoms. The monoisotopic (exact) mass is 262 g/mol. The van der Waals surface area contributed by atoms with Gasteiger partial charge in [-0.3, -0.25) is 0 Å².